The van der Waals surface area contributed by atoms with E-state index < -0.39 is 11.6 Å². The first-order valence-corrected chi connectivity index (χ1v) is 7.20. The fraction of sp³-hybridized carbons (Fsp3) is 0.562. The van der Waals surface area contributed by atoms with Gasteiger partial charge in [-0.05, 0) is 49.4 Å². The van der Waals surface area contributed by atoms with Crippen molar-refractivity contribution < 1.29 is 15.0 Å². The second kappa shape index (κ2) is 5.83. The van der Waals surface area contributed by atoms with E-state index in [9.17, 15) is 9.90 Å². The predicted molar refractivity (Wildman–Crippen MR) is 79.2 cm³/mol. The van der Waals surface area contributed by atoms with Gasteiger partial charge < -0.3 is 15.5 Å². The molecular formula is C16H23NO3. The molecule has 3 N–H and O–H groups in total. The molecule has 0 bridgehead atoms. The van der Waals surface area contributed by atoms with Crippen LogP contribution in [0.4, 0.5) is 5.69 Å². The Hall–Kier alpha value is -1.55. The van der Waals surface area contributed by atoms with E-state index in [1.165, 1.54) is 6.42 Å². The van der Waals surface area contributed by atoms with Gasteiger partial charge >= 0.3 is 5.97 Å². The van der Waals surface area contributed by atoms with Crippen LogP contribution in [-0.2, 0) is 0 Å². The first-order valence-electron chi connectivity index (χ1n) is 7.20. The minimum Gasteiger partial charge on any atom is -0.478 e. The number of carbonyl (C=O) groups is 1. The number of anilines is 1. The van der Waals surface area contributed by atoms with Gasteiger partial charge in [0.05, 0.1) is 11.2 Å². The van der Waals surface area contributed by atoms with Crippen LogP contribution in [0.5, 0.6) is 0 Å². The highest BCUT2D eigenvalue weighted by Crippen LogP contribution is 2.32. The van der Waals surface area contributed by atoms with Crippen LogP contribution in [-0.4, -0.2) is 28.3 Å². The Kier molecular flexibility index (Phi) is 4.33. The molecule has 110 valence electrons. The second-order valence-electron chi connectivity index (χ2n) is 6.11. The van der Waals surface area contributed by atoms with Crippen molar-refractivity contribution in [1.29, 1.82) is 0 Å². The number of aromatic carboxylic acids is 1. The maximum Gasteiger partial charge on any atom is 0.335 e. The average molecular weight is 277 g/mol. The smallest absolute Gasteiger partial charge is 0.335 e. The summed E-state index contributed by atoms with van der Waals surface area (Å²) in [5.41, 5.74) is 1.27. The van der Waals surface area contributed by atoms with E-state index in [4.69, 9.17) is 5.11 Å². The molecule has 1 fully saturated rings. The quantitative estimate of drug-likeness (QED) is 0.791. The third kappa shape index (κ3) is 3.51. The lowest BCUT2D eigenvalue weighted by Crippen LogP contribution is -2.41. The van der Waals surface area contributed by atoms with Crippen molar-refractivity contribution >= 4 is 11.7 Å². The highest BCUT2D eigenvalue weighted by Gasteiger charge is 2.32. The third-order valence-corrected chi connectivity index (χ3v) is 4.15. The molecule has 0 amide bonds. The van der Waals surface area contributed by atoms with Crippen molar-refractivity contribution in [2.24, 2.45) is 5.92 Å². The number of hydrogen-bond acceptors (Lipinski definition) is 3. The summed E-state index contributed by atoms with van der Waals surface area (Å²) in [6.07, 6.45) is 3.91. The van der Waals surface area contributed by atoms with E-state index in [1.807, 2.05) is 6.07 Å². The zero-order valence-corrected chi connectivity index (χ0v) is 12.1. The van der Waals surface area contributed by atoms with Crippen LogP contribution in [0.2, 0.25) is 0 Å². The summed E-state index contributed by atoms with van der Waals surface area (Å²) >= 11 is 0. The van der Waals surface area contributed by atoms with Gasteiger partial charge in [0.25, 0.3) is 0 Å². The Morgan fingerprint density at radius 1 is 1.50 bits per heavy atom. The topological polar surface area (TPSA) is 69.6 Å². The van der Waals surface area contributed by atoms with Crippen molar-refractivity contribution in [1.82, 2.24) is 0 Å². The molecule has 0 saturated heterocycles. The average Bonchev–Trinajstić information content (AvgIpc) is 2.36. The van der Waals surface area contributed by atoms with Gasteiger partial charge in [0, 0.05) is 12.2 Å². The van der Waals surface area contributed by atoms with Gasteiger partial charge in [-0.15, -0.1) is 0 Å². The van der Waals surface area contributed by atoms with Gasteiger partial charge in [-0.25, -0.2) is 4.79 Å². The molecule has 0 spiro atoms. The Morgan fingerprint density at radius 2 is 2.25 bits per heavy atom. The highest BCUT2D eigenvalue weighted by molar-refractivity contribution is 5.89. The molecule has 1 aliphatic rings. The number of carboxylic acids is 1. The normalized spacial score (nSPS) is 26.2. The Bertz CT molecular complexity index is 500. The van der Waals surface area contributed by atoms with E-state index in [0.717, 1.165) is 30.5 Å². The van der Waals surface area contributed by atoms with Gasteiger partial charge in [-0.2, -0.15) is 0 Å². The number of hydrogen-bond donors (Lipinski definition) is 3. The summed E-state index contributed by atoms with van der Waals surface area (Å²) < 4.78 is 0. The van der Waals surface area contributed by atoms with Crippen molar-refractivity contribution in [3.63, 3.8) is 0 Å². The van der Waals surface area contributed by atoms with Crippen LogP contribution < -0.4 is 5.32 Å². The van der Waals surface area contributed by atoms with Crippen LogP contribution in [0.3, 0.4) is 0 Å². The van der Waals surface area contributed by atoms with E-state index in [-0.39, 0.29) is 0 Å². The second-order valence-corrected chi connectivity index (χ2v) is 6.11. The van der Waals surface area contributed by atoms with Crippen LogP contribution in [0.1, 0.15) is 48.5 Å². The fourth-order valence-corrected chi connectivity index (χ4v) is 3.07. The summed E-state index contributed by atoms with van der Waals surface area (Å²) in [6, 6.07) is 5.18. The van der Waals surface area contributed by atoms with Crippen LogP contribution in [0.15, 0.2) is 18.2 Å². The zero-order chi connectivity index (χ0) is 14.8. The molecule has 0 radical (unpaired) electrons. The summed E-state index contributed by atoms with van der Waals surface area (Å²) in [6.45, 7) is 4.48. The number of benzene rings is 1. The van der Waals surface area contributed by atoms with Crippen LogP contribution in [0.25, 0.3) is 0 Å². The number of nitrogens with one attached hydrogen (secondary N) is 1. The minimum atomic E-state index is -0.909. The Labute approximate surface area is 119 Å². The molecule has 1 aromatic carbocycles. The SMILES string of the molecule is Cc1cc(NCC2(O)CCCC(C)C2)ccc1C(=O)O. The van der Waals surface area contributed by atoms with Gasteiger partial charge in [0.1, 0.15) is 0 Å². The molecule has 4 nitrogen and oxygen atoms in total. The minimum absolute atomic E-state index is 0.320. The molecule has 0 aliphatic heterocycles. The van der Waals surface area contributed by atoms with Crippen LogP contribution in [0, 0.1) is 12.8 Å². The molecule has 0 heterocycles. The third-order valence-electron chi connectivity index (χ3n) is 4.15. The standard InChI is InChI=1S/C16H23NO3/c1-11-4-3-7-16(20,9-11)10-17-13-5-6-14(15(18)19)12(2)8-13/h5-6,8,11,17,20H,3-4,7,9-10H2,1-2H3,(H,18,19). The van der Waals surface area contributed by atoms with E-state index >= 15 is 0 Å². The molecule has 1 aromatic rings. The Balaban J connectivity index is 2.00. The number of aryl methyl sites for hydroxylation is 1. The molecule has 2 unspecified atom stereocenters. The largest absolute Gasteiger partial charge is 0.478 e. The monoisotopic (exact) mass is 277 g/mol. The highest BCUT2D eigenvalue weighted by atomic mass is 16.4. The Morgan fingerprint density at radius 3 is 2.85 bits per heavy atom. The molecule has 4 heteroatoms. The summed E-state index contributed by atoms with van der Waals surface area (Å²) in [5, 5.41) is 22.8. The fourth-order valence-electron chi connectivity index (χ4n) is 3.07. The van der Waals surface area contributed by atoms with E-state index in [0.29, 0.717) is 18.0 Å². The van der Waals surface area contributed by atoms with Gasteiger partial charge in [-0.3, -0.25) is 0 Å². The van der Waals surface area contributed by atoms with E-state index in [2.05, 4.69) is 12.2 Å². The van der Waals surface area contributed by atoms with Crippen molar-refractivity contribution in [3.8, 4) is 0 Å². The first-order chi connectivity index (χ1) is 9.39. The maximum atomic E-state index is 11.0. The number of carboxylic acid groups (broad SMARTS) is 1. The van der Waals surface area contributed by atoms with Crippen molar-refractivity contribution in [3.05, 3.63) is 29.3 Å². The van der Waals surface area contributed by atoms with Gasteiger partial charge in [0.2, 0.25) is 0 Å². The van der Waals surface area contributed by atoms with E-state index in [1.54, 1.807) is 19.1 Å². The molecule has 2 atom stereocenters. The zero-order valence-electron chi connectivity index (χ0n) is 12.1. The molecular weight excluding hydrogens is 254 g/mol. The lowest BCUT2D eigenvalue weighted by molar-refractivity contribution is -0.000773. The molecule has 1 saturated carbocycles. The van der Waals surface area contributed by atoms with Gasteiger partial charge in [-0.1, -0.05) is 19.8 Å². The maximum absolute atomic E-state index is 11.0. The molecule has 0 aromatic heterocycles. The predicted octanol–water partition coefficient (Wildman–Crippen LogP) is 3.05. The molecule has 1 aliphatic carbocycles. The molecule has 2 rings (SSSR count). The lowest BCUT2D eigenvalue weighted by atomic mass is 9.79. The van der Waals surface area contributed by atoms with Gasteiger partial charge in [0.15, 0.2) is 0 Å². The summed E-state index contributed by atoms with van der Waals surface area (Å²) in [5.74, 6) is -0.347. The number of aliphatic hydroxyl groups is 1. The summed E-state index contributed by atoms with van der Waals surface area (Å²) in [4.78, 5) is 11.0. The first kappa shape index (κ1) is 14.9. The summed E-state index contributed by atoms with van der Waals surface area (Å²) in [7, 11) is 0. The van der Waals surface area contributed by atoms with Crippen LogP contribution >= 0.6 is 0 Å². The van der Waals surface area contributed by atoms with Crippen molar-refractivity contribution in [2.75, 3.05) is 11.9 Å². The number of rotatable bonds is 4. The van der Waals surface area contributed by atoms with Crippen molar-refractivity contribution in [2.45, 2.75) is 45.1 Å². The lowest BCUT2D eigenvalue weighted by Gasteiger charge is -2.36. The molecule has 20 heavy (non-hydrogen) atoms.